The third-order valence-electron chi connectivity index (χ3n) is 6.74. The van der Waals surface area contributed by atoms with Crippen LogP contribution in [0.4, 0.5) is 0 Å². The number of carbonyl (C=O) groups excluding carboxylic acids is 1. The van der Waals surface area contributed by atoms with Gasteiger partial charge in [-0.15, -0.1) is 0 Å². The van der Waals surface area contributed by atoms with Gasteiger partial charge in [0.05, 0.1) is 0 Å². The molecule has 0 aliphatic carbocycles. The van der Waals surface area contributed by atoms with Gasteiger partial charge < -0.3 is 0 Å². The van der Waals surface area contributed by atoms with Crippen molar-refractivity contribution >= 4 is 36.7 Å². The molecule has 0 aromatic heterocycles. The molecular weight excluding hydrogens is 547 g/mol. The molecule has 0 spiro atoms. The molecule has 1 aliphatic heterocycles. The summed E-state index contributed by atoms with van der Waals surface area (Å²) in [5.41, 5.74) is 2.75. The fraction of sp³-hybridized carbons (Fsp3) is 0.483. The van der Waals surface area contributed by atoms with Crippen LogP contribution in [0.25, 0.3) is 11.1 Å². The maximum atomic E-state index is 12.7. The molecule has 41 heavy (non-hydrogen) atoms. The van der Waals surface area contributed by atoms with Crippen LogP contribution in [0.3, 0.4) is 0 Å². The topological polar surface area (TPSA) is 158 Å². The van der Waals surface area contributed by atoms with Crippen LogP contribution in [0.5, 0.6) is 0 Å². The van der Waals surface area contributed by atoms with Gasteiger partial charge in [0.2, 0.25) is 0 Å². The fourth-order valence-electron chi connectivity index (χ4n) is 4.63. The fourth-order valence-corrected chi connectivity index (χ4v) is 5.24. The third-order valence-corrected chi connectivity index (χ3v) is 7.73. The summed E-state index contributed by atoms with van der Waals surface area (Å²) in [7, 11) is 3.76. The van der Waals surface area contributed by atoms with Crippen LogP contribution in [-0.2, 0) is 14.3 Å². The van der Waals surface area contributed by atoms with E-state index in [2.05, 4.69) is 18.1 Å². The summed E-state index contributed by atoms with van der Waals surface area (Å²) in [6.45, 7) is 3.36. The van der Waals surface area contributed by atoms with E-state index in [0.29, 0.717) is 17.6 Å². The van der Waals surface area contributed by atoms with Crippen molar-refractivity contribution in [1.29, 1.82) is 0 Å². The van der Waals surface area contributed by atoms with Crippen LogP contribution < -0.4 is 10.6 Å². The van der Waals surface area contributed by atoms with Crippen LogP contribution in [0.2, 0.25) is 0 Å². The molecule has 222 valence electrons. The van der Waals surface area contributed by atoms with E-state index < -0.39 is 54.5 Å². The average molecular weight is 587 g/mol. The van der Waals surface area contributed by atoms with Gasteiger partial charge in [0, 0.05) is 0 Å². The summed E-state index contributed by atoms with van der Waals surface area (Å²) in [5.74, 6) is -2.47. The van der Waals surface area contributed by atoms with Crippen molar-refractivity contribution in [3.8, 4) is 11.1 Å². The van der Waals surface area contributed by atoms with E-state index in [9.17, 15) is 30.0 Å². The molecule has 6 N–H and O–H groups in total. The molecule has 1 unspecified atom stereocenters. The Morgan fingerprint density at radius 2 is 1.80 bits per heavy atom. The number of nitrogens with one attached hydrogen (secondary N) is 2. The number of aliphatic hydroxyl groups is 3. The Balaban J connectivity index is 1.69. The summed E-state index contributed by atoms with van der Waals surface area (Å²) in [4.78, 5) is 25.0. The third kappa shape index (κ3) is 8.87. The predicted octanol–water partition coefficient (Wildman–Crippen LogP) is 0.905. The molecular formula is C29H39BN2O8S. The zero-order chi connectivity index (χ0) is 30.0. The van der Waals surface area contributed by atoms with E-state index in [1.807, 2.05) is 49.4 Å². The van der Waals surface area contributed by atoms with E-state index in [0.717, 1.165) is 22.6 Å². The molecule has 0 saturated carbocycles. The zero-order valence-electron chi connectivity index (χ0n) is 23.4. The summed E-state index contributed by atoms with van der Waals surface area (Å²) in [6, 6.07) is 15.6. The van der Waals surface area contributed by atoms with E-state index in [1.165, 1.54) is 0 Å². The molecule has 1 heterocycles. The van der Waals surface area contributed by atoms with Gasteiger partial charge in [0.25, 0.3) is 0 Å². The Morgan fingerprint density at radius 1 is 1.15 bits per heavy atom. The van der Waals surface area contributed by atoms with E-state index in [1.54, 1.807) is 30.8 Å². The number of carbonyl (C=O) groups is 2. The van der Waals surface area contributed by atoms with Crippen molar-refractivity contribution in [3.05, 3.63) is 60.2 Å². The molecule has 3 rings (SSSR count). The second-order valence-electron chi connectivity index (χ2n) is 9.97. The van der Waals surface area contributed by atoms with Gasteiger partial charge in [-0.05, 0) is 11.1 Å². The number of carboxylic acid groups (broad SMARTS) is 1. The second kappa shape index (κ2) is 15.5. The van der Waals surface area contributed by atoms with Crippen molar-refractivity contribution < 1.29 is 39.5 Å². The van der Waals surface area contributed by atoms with Gasteiger partial charge in [-0.1, -0.05) is 37.3 Å². The van der Waals surface area contributed by atoms with E-state index >= 15 is 0 Å². The first kappa shape index (κ1) is 32.8. The minimum absolute atomic E-state index is 0.0646. The van der Waals surface area contributed by atoms with Crippen LogP contribution in [0.1, 0.15) is 37.0 Å². The van der Waals surface area contributed by atoms with Gasteiger partial charge in [-0.3, -0.25) is 0 Å². The van der Waals surface area contributed by atoms with Gasteiger partial charge >= 0.3 is 197 Å². The Morgan fingerprint density at radius 3 is 2.41 bits per heavy atom. The number of carboxylic acids is 1. The van der Waals surface area contributed by atoms with Crippen molar-refractivity contribution in [3.63, 3.8) is 0 Å². The predicted molar refractivity (Wildman–Crippen MR) is 160 cm³/mol. The average Bonchev–Trinajstić information content (AvgIpc) is 2.96. The van der Waals surface area contributed by atoms with Crippen molar-refractivity contribution in [2.75, 3.05) is 24.7 Å². The zero-order valence-corrected chi connectivity index (χ0v) is 24.2. The first-order valence-corrected chi connectivity index (χ1v) is 14.8. The van der Waals surface area contributed by atoms with E-state index in [4.69, 9.17) is 9.47 Å². The molecule has 2 aromatic rings. The first-order chi connectivity index (χ1) is 19.6. The van der Waals surface area contributed by atoms with Crippen LogP contribution in [0, 0.1) is 0 Å². The normalized spacial score (nSPS) is 23.8. The standard InChI is InChI=1S/C29H39BN2O8S/c1-3-41-15-7-14-39-29(28(37)38)16-22(33)24(32-18(2)30)26(40-29)25(35)23(34)17-31-27(36)21-12-10-20(11-13-21)19-8-5-4-6-9-19/h4-6,8-13,22-26,30,32-35H,3,7,14-17H2,1-2H3,(H,31,36)(H,37,38)/t22-,23?,24+,25+,26+,29+/m0/s1. The number of ether oxygens (including phenoxy) is 2. The number of benzene rings is 2. The molecule has 6 atom stereocenters. The molecule has 10 nitrogen and oxygen atoms in total. The van der Waals surface area contributed by atoms with Crippen LogP contribution in [0.15, 0.2) is 54.6 Å². The number of aliphatic hydroxyl groups excluding tert-OH is 3. The molecule has 0 radical (unpaired) electrons. The minimum atomic E-state index is -2.22. The maximum absolute atomic E-state index is 12.7. The SMILES string of the molecule is B=C(C)N[C@H]1[C@H]([C@H](O)C(O)CNC(=O)c2ccc(-c3ccccc3)cc2)O[C@@](OCCCSCC)(C(=O)O)C[C@@H]1O. The molecule has 1 saturated heterocycles. The quantitative estimate of drug-likeness (QED) is 0.131. The van der Waals surface area contributed by atoms with Crippen molar-refractivity contribution in [2.24, 2.45) is 0 Å². The molecule has 1 amide bonds. The summed E-state index contributed by atoms with van der Waals surface area (Å²) in [6.07, 6.45) is -5.81. The summed E-state index contributed by atoms with van der Waals surface area (Å²) in [5, 5.41) is 48.3. The van der Waals surface area contributed by atoms with Crippen molar-refractivity contribution in [2.45, 2.75) is 62.9 Å². The molecule has 1 fully saturated rings. The van der Waals surface area contributed by atoms with E-state index in [-0.39, 0.29) is 13.2 Å². The summed E-state index contributed by atoms with van der Waals surface area (Å²) < 4.78 is 11.5. The second-order valence-corrected chi connectivity index (χ2v) is 11.4. The molecule has 1 aliphatic rings. The van der Waals surface area contributed by atoms with Gasteiger partial charge in [-0.2, -0.15) is 0 Å². The Bertz CT molecular complexity index is 1160. The van der Waals surface area contributed by atoms with Gasteiger partial charge in [-0.25, -0.2) is 0 Å². The van der Waals surface area contributed by atoms with Crippen LogP contribution in [-0.4, -0.2) is 106 Å². The summed E-state index contributed by atoms with van der Waals surface area (Å²) >= 11 is 1.68. The number of rotatable bonds is 15. The molecule has 12 heteroatoms. The Hall–Kier alpha value is -2.74. The number of hydrogen-bond acceptors (Lipinski definition) is 9. The Kier molecular flexibility index (Phi) is 12.4. The monoisotopic (exact) mass is 586 g/mol. The molecule has 2 aromatic carbocycles. The number of thioether (sulfide) groups is 1. The van der Waals surface area contributed by atoms with Crippen molar-refractivity contribution in [1.82, 2.24) is 10.6 Å². The number of aliphatic carboxylic acids is 1. The van der Waals surface area contributed by atoms with Crippen LogP contribution >= 0.6 is 11.8 Å². The van der Waals surface area contributed by atoms with Gasteiger partial charge in [0.15, 0.2) is 0 Å². The Labute approximate surface area is 245 Å². The first-order valence-electron chi connectivity index (χ1n) is 13.6. The van der Waals surface area contributed by atoms with Gasteiger partial charge in [0.1, 0.15) is 0 Å². The number of amides is 1. The number of hydrogen-bond donors (Lipinski definition) is 6. The molecule has 0 bridgehead atoms.